The van der Waals surface area contributed by atoms with Gasteiger partial charge in [0.2, 0.25) is 11.7 Å². The Balaban J connectivity index is 1.94. The minimum Gasteiger partial charge on any atom is -0.481 e. The SMILES string of the molecule is CC(C)c1ccc(-c2noc(CCCCC(=O)O)n2)cc1. The second-order valence-corrected chi connectivity index (χ2v) is 5.39. The maximum Gasteiger partial charge on any atom is 0.303 e. The molecule has 1 aromatic heterocycles. The first kappa shape index (κ1) is 15.2. The van der Waals surface area contributed by atoms with Crippen LogP contribution in [0.3, 0.4) is 0 Å². The lowest BCUT2D eigenvalue weighted by Gasteiger charge is -2.04. The van der Waals surface area contributed by atoms with Gasteiger partial charge in [0, 0.05) is 18.4 Å². The van der Waals surface area contributed by atoms with E-state index >= 15 is 0 Å². The fraction of sp³-hybridized carbons (Fsp3) is 0.438. The molecule has 0 amide bonds. The highest BCUT2D eigenvalue weighted by Crippen LogP contribution is 2.20. The minimum atomic E-state index is -0.772. The van der Waals surface area contributed by atoms with Crippen molar-refractivity contribution >= 4 is 5.97 Å². The zero-order chi connectivity index (χ0) is 15.2. The molecule has 0 spiro atoms. The van der Waals surface area contributed by atoms with Crippen molar-refractivity contribution in [3.05, 3.63) is 35.7 Å². The topological polar surface area (TPSA) is 76.2 Å². The second kappa shape index (κ2) is 7.02. The molecule has 2 aromatic rings. The molecule has 0 aliphatic heterocycles. The van der Waals surface area contributed by atoms with Crippen LogP contribution in [-0.2, 0) is 11.2 Å². The smallest absolute Gasteiger partial charge is 0.303 e. The molecule has 0 aliphatic rings. The zero-order valence-corrected chi connectivity index (χ0v) is 12.4. The summed E-state index contributed by atoms with van der Waals surface area (Å²) in [6.45, 7) is 4.30. The van der Waals surface area contributed by atoms with Gasteiger partial charge in [-0.3, -0.25) is 4.79 Å². The molecule has 0 atom stereocenters. The summed E-state index contributed by atoms with van der Waals surface area (Å²) in [6, 6.07) is 8.13. The van der Waals surface area contributed by atoms with E-state index in [-0.39, 0.29) is 6.42 Å². The maximum absolute atomic E-state index is 10.4. The van der Waals surface area contributed by atoms with Crippen molar-refractivity contribution < 1.29 is 14.4 Å². The third kappa shape index (κ3) is 4.41. The number of carboxylic acid groups (broad SMARTS) is 1. The number of benzene rings is 1. The van der Waals surface area contributed by atoms with Gasteiger partial charge in [-0.25, -0.2) is 0 Å². The number of carboxylic acids is 1. The highest BCUT2D eigenvalue weighted by Gasteiger charge is 2.09. The first-order valence-electron chi connectivity index (χ1n) is 7.21. The summed E-state index contributed by atoms with van der Waals surface area (Å²) in [6.07, 6.45) is 2.15. The summed E-state index contributed by atoms with van der Waals surface area (Å²) in [5.74, 6) is 0.863. The van der Waals surface area contributed by atoms with E-state index in [2.05, 4.69) is 36.1 Å². The molecule has 0 unspecified atom stereocenters. The Morgan fingerprint density at radius 3 is 2.57 bits per heavy atom. The summed E-state index contributed by atoms with van der Waals surface area (Å²) in [5, 5.41) is 12.5. The molecule has 0 bridgehead atoms. The van der Waals surface area contributed by atoms with Crippen LogP contribution in [0.15, 0.2) is 28.8 Å². The van der Waals surface area contributed by atoms with E-state index in [0.29, 0.717) is 30.5 Å². The van der Waals surface area contributed by atoms with Crippen molar-refractivity contribution in [2.24, 2.45) is 0 Å². The summed E-state index contributed by atoms with van der Waals surface area (Å²) in [7, 11) is 0. The fourth-order valence-electron chi connectivity index (χ4n) is 2.04. The number of hydrogen-bond acceptors (Lipinski definition) is 4. The molecule has 5 heteroatoms. The van der Waals surface area contributed by atoms with E-state index < -0.39 is 5.97 Å². The van der Waals surface area contributed by atoms with Crippen LogP contribution in [0.1, 0.15) is 50.5 Å². The first-order chi connectivity index (χ1) is 10.1. The lowest BCUT2D eigenvalue weighted by molar-refractivity contribution is -0.137. The molecule has 21 heavy (non-hydrogen) atoms. The van der Waals surface area contributed by atoms with E-state index in [0.717, 1.165) is 12.0 Å². The molecule has 5 nitrogen and oxygen atoms in total. The van der Waals surface area contributed by atoms with E-state index in [1.807, 2.05) is 12.1 Å². The van der Waals surface area contributed by atoms with Crippen LogP contribution < -0.4 is 0 Å². The van der Waals surface area contributed by atoms with Crippen molar-refractivity contribution in [1.82, 2.24) is 10.1 Å². The van der Waals surface area contributed by atoms with Gasteiger partial charge in [0.05, 0.1) is 0 Å². The summed E-state index contributed by atoms with van der Waals surface area (Å²) < 4.78 is 5.20. The maximum atomic E-state index is 10.4. The van der Waals surface area contributed by atoms with Crippen molar-refractivity contribution in [3.8, 4) is 11.4 Å². The Bertz CT molecular complexity index is 588. The Labute approximate surface area is 124 Å². The predicted octanol–water partition coefficient (Wildman–Crippen LogP) is 3.66. The molecule has 0 radical (unpaired) electrons. The van der Waals surface area contributed by atoms with Gasteiger partial charge in [0.1, 0.15) is 0 Å². The fourth-order valence-corrected chi connectivity index (χ4v) is 2.04. The number of aromatic nitrogens is 2. The van der Waals surface area contributed by atoms with Crippen molar-refractivity contribution in [1.29, 1.82) is 0 Å². The molecule has 1 heterocycles. The third-order valence-corrected chi connectivity index (χ3v) is 3.33. The van der Waals surface area contributed by atoms with Crippen LogP contribution in [0, 0.1) is 0 Å². The number of hydrogen-bond donors (Lipinski definition) is 1. The summed E-state index contributed by atoms with van der Waals surface area (Å²) in [4.78, 5) is 14.8. The quantitative estimate of drug-likeness (QED) is 0.787. The lowest BCUT2D eigenvalue weighted by atomic mass is 10.0. The first-order valence-corrected chi connectivity index (χ1v) is 7.21. The molecule has 0 saturated carbocycles. The van der Waals surface area contributed by atoms with Crippen LogP contribution in [0.4, 0.5) is 0 Å². The normalized spacial score (nSPS) is 11.0. The van der Waals surface area contributed by atoms with Crippen molar-refractivity contribution in [3.63, 3.8) is 0 Å². The number of aliphatic carboxylic acids is 1. The Hall–Kier alpha value is -2.17. The third-order valence-electron chi connectivity index (χ3n) is 3.33. The van der Waals surface area contributed by atoms with Crippen molar-refractivity contribution in [2.75, 3.05) is 0 Å². The second-order valence-electron chi connectivity index (χ2n) is 5.39. The average Bonchev–Trinajstić information content (AvgIpc) is 2.92. The average molecular weight is 288 g/mol. The van der Waals surface area contributed by atoms with Crippen LogP contribution in [0.5, 0.6) is 0 Å². The van der Waals surface area contributed by atoms with Gasteiger partial charge in [-0.05, 0) is 24.3 Å². The molecular formula is C16H20N2O3. The van der Waals surface area contributed by atoms with Crippen LogP contribution in [0.25, 0.3) is 11.4 Å². The van der Waals surface area contributed by atoms with Gasteiger partial charge >= 0.3 is 5.97 Å². The Morgan fingerprint density at radius 2 is 1.95 bits per heavy atom. The highest BCUT2D eigenvalue weighted by molar-refractivity contribution is 5.66. The number of unbranched alkanes of at least 4 members (excludes halogenated alkanes) is 1. The minimum absolute atomic E-state index is 0.178. The van der Waals surface area contributed by atoms with Crippen LogP contribution in [-0.4, -0.2) is 21.2 Å². The lowest BCUT2D eigenvalue weighted by Crippen LogP contribution is -1.95. The van der Waals surface area contributed by atoms with E-state index in [4.69, 9.17) is 9.63 Å². The van der Waals surface area contributed by atoms with Gasteiger partial charge < -0.3 is 9.63 Å². The molecule has 0 fully saturated rings. The Kier molecular flexibility index (Phi) is 5.09. The Morgan fingerprint density at radius 1 is 1.24 bits per heavy atom. The van der Waals surface area contributed by atoms with Gasteiger partial charge in [0.15, 0.2) is 0 Å². The van der Waals surface area contributed by atoms with E-state index in [9.17, 15) is 4.79 Å². The van der Waals surface area contributed by atoms with Gasteiger partial charge in [0.25, 0.3) is 0 Å². The molecule has 1 N–H and O–H groups in total. The molecule has 112 valence electrons. The van der Waals surface area contributed by atoms with Gasteiger partial charge in [-0.1, -0.05) is 43.3 Å². The van der Waals surface area contributed by atoms with Gasteiger partial charge in [-0.2, -0.15) is 4.98 Å². The van der Waals surface area contributed by atoms with Crippen molar-refractivity contribution in [2.45, 2.75) is 45.4 Å². The molecular weight excluding hydrogens is 268 g/mol. The predicted molar refractivity (Wildman–Crippen MR) is 79.0 cm³/mol. The number of nitrogens with zero attached hydrogens (tertiary/aromatic N) is 2. The number of aryl methyl sites for hydroxylation is 1. The number of rotatable bonds is 7. The van der Waals surface area contributed by atoms with E-state index in [1.165, 1.54) is 5.56 Å². The summed E-state index contributed by atoms with van der Waals surface area (Å²) in [5.41, 5.74) is 2.20. The monoisotopic (exact) mass is 288 g/mol. The zero-order valence-electron chi connectivity index (χ0n) is 12.4. The highest BCUT2D eigenvalue weighted by atomic mass is 16.5. The molecule has 1 aromatic carbocycles. The molecule has 0 aliphatic carbocycles. The largest absolute Gasteiger partial charge is 0.481 e. The molecule has 2 rings (SSSR count). The number of carbonyl (C=O) groups is 1. The van der Waals surface area contributed by atoms with Gasteiger partial charge in [-0.15, -0.1) is 0 Å². The summed E-state index contributed by atoms with van der Waals surface area (Å²) >= 11 is 0. The standard InChI is InChI=1S/C16H20N2O3/c1-11(2)12-7-9-13(10-8-12)16-17-14(21-18-16)5-3-4-6-15(19)20/h7-11H,3-6H2,1-2H3,(H,19,20). The van der Waals surface area contributed by atoms with Crippen LogP contribution in [0.2, 0.25) is 0 Å². The van der Waals surface area contributed by atoms with E-state index in [1.54, 1.807) is 0 Å². The molecule has 0 saturated heterocycles. The van der Waals surface area contributed by atoms with Crippen LogP contribution >= 0.6 is 0 Å².